The highest BCUT2D eigenvalue weighted by Crippen LogP contribution is 2.32. The van der Waals surface area contributed by atoms with Crippen LogP contribution in [-0.4, -0.2) is 35.8 Å². The van der Waals surface area contributed by atoms with Crippen molar-refractivity contribution in [2.24, 2.45) is 7.05 Å². The summed E-state index contributed by atoms with van der Waals surface area (Å²) in [5.74, 6) is 2.68. The third kappa shape index (κ3) is 2.95. The number of benzene rings is 1. The first-order chi connectivity index (χ1) is 14.0. The zero-order valence-electron chi connectivity index (χ0n) is 16.0. The molecule has 0 N–H and O–H groups in total. The molecule has 0 bridgehead atoms. The van der Waals surface area contributed by atoms with Crippen molar-refractivity contribution < 1.29 is 4.39 Å². The highest BCUT2D eigenvalue weighted by molar-refractivity contribution is 6.33. The molecule has 0 radical (unpaired) electrons. The van der Waals surface area contributed by atoms with Gasteiger partial charge in [-0.25, -0.2) is 14.4 Å². The number of imidazole rings is 1. The van der Waals surface area contributed by atoms with Gasteiger partial charge in [0.05, 0.1) is 22.6 Å². The Morgan fingerprint density at radius 3 is 2.79 bits per heavy atom. The van der Waals surface area contributed by atoms with E-state index in [0.717, 1.165) is 34.1 Å². The van der Waals surface area contributed by atoms with E-state index in [9.17, 15) is 4.39 Å². The fourth-order valence-electron chi connectivity index (χ4n) is 3.83. The van der Waals surface area contributed by atoms with Gasteiger partial charge < -0.3 is 14.0 Å². The third-order valence-corrected chi connectivity index (χ3v) is 5.63. The van der Waals surface area contributed by atoms with Gasteiger partial charge in [0.15, 0.2) is 17.8 Å². The Bertz CT molecular complexity index is 1210. The number of hydrogen-bond acceptors (Lipinski definition) is 5. The number of halogens is 2. The summed E-state index contributed by atoms with van der Waals surface area (Å²) in [5, 5.41) is 8.70. The Labute approximate surface area is 171 Å². The lowest BCUT2D eigenvalue weighted by molar-refractivity contribution is 0.339. The maximum Gasteiger partial charge on any atom is 0.167 e. The van der Waals surface area contributed by atoms with Crippen molar-refractivity contribution in [2.75, 3.05) is 11.4 Å². The summed E-state index contributed by atoms with van der Waals surface area (Å²) in [6.45, 7) is 3.28. The quantitative estimate of drug-likeness (QED) is 0.511. The monoisotopic (exact) mass is 411 g/mol. The molecule has 0 saturated heterocycles. The first kappa shape index (κ1) is 18.1. The Morgan fingerprint density at radius 1 is 1.17 bits per heavy atom. The molecule has 1 aliphatic rings. The van der Waals surface area contributed by atoms with E-state index in [-0.39, 0.29) is 0 Å². The van der Waals surface area contributed by atoms with Gasteiger partial charge in [0, 0.05) is 31.9 Å². The van der Waals surface area contributed by atoms with E-state index in [1.807, 2.05) is 46.5 Å². The summed E-state index contributed by atoms with van der Waals surface area (Å²) in [7, 11) is 1.98. The number of aryl methyl sites for hydroxylation is 1. The normalized spacial score (nSPS) is 15.0. The van der Waals surface area contributed by atoms with Gasteiger partial charge in [-0.2, -0.15) is 0 Å². The van der Waals surface area contributed by atoms with Gasteiger partial charge in [0.1, 0.15) is 11.6 Å². The van der Waals surface area contributed by atoms with Crippen LogP contribution in [0.3, 0.4) is 0 Å². The van der Waals surface area contributed by atoms with Crippen molar-refractivity contribution in [3.8, 4) is 11.4 Å². The Hall–Kier alpha value is -3.00. The second-order valence-electron chi connectivity index (χ2n) is 7.17. The van der Waals surface area contributed by atoms with Crippen LogP contribution in [0.1, 0.15) is 24.7 Å². The zero-order chi connectivity index (χ0) is 20.1. The van der Waals surface area contributed by atoms with Gasteiger partial charge in [-0.3, -0.25) is 0 Å². The van der Waals surface area contributed by atoms with E-state index in [4.69, 9.17) is 16.6 Å². The lowest BCUT2D eigenvalue weighted by atomic mass is 10.2. The van der Waals surface area contributed by atoms with Gasteiger partial charge in [-0.1, -0.05) is 23.7 Å². The summed E-state index contributed by atoms with van der Waals surface area (Å²) < 4.78 is 17.6. The summed E-state index contributed by atoms with van der Waals surface area (Å²) in [5.41, 5.74) is 2.77. The van der Waals surface area contributed by atoms with E-state index < -0.39 is 6.17 Å². The fraction of sp³-hybridized carbons (Fsp3) is 0.300. The smallest absolute Gasteiger partial charge is 0.167 e. The first-order valence-electron chi connectivity index (χ1n) is 9.41. The molecule has 0 amide bonds. The molecular formula is C20H19ClFN7. The van der Waals surface area contributed by atoms with Crippen LogP contribution >= 0.6 is 11.6 Å². The van der Waals surface area contributed by atoms with E-state index >= 15 is 0 Å². The van der Waals surface area contributed by atoms with Crippen LogP contribution in [0.2, 0.25) is 5.02 Å². The lowest BCUT2D eigenvalue weighted by Crippen LogP contribution is -2.35. The Morgan fingerprint density at radius 2 is 2.00 bits per heavy atom. The molecule has 1 aromatic carbocycles. The number of anilines is 1. The van der Waals surface area contributed by atoms with Gasteiger partial charge in [0.25, 0.3) is 0 Å². The molecule has 4 heterocycles. The van der Waals surface area contributed by atoms with Crippen LogP contribution in [0, 0.1) is 0 Å². The molecule has 4 aromatic rings. The highest BCUT2D eigenvalue weighted by atomic mass is 35.5. The molecule has 1 unspecified atom stereocenters. The number of rotatable bonds is 3. The molecule has 0 spiro atoms. The second kappa shape index (κ2) is 6.81. The van der Waals surface area contributed by atoms with Crippen molar-refractivity contribution in [3.05, 3.63) is 53.2 Å². The molecule has 148 valence electrons. The fourth-order valence-corrected chi connectivity index (χ4v) is 4.02. The number of fused-ring (bicyclic) bond motifs is 2. The van der Waals surface area contributed by atoms with E-state index in [1.165, 1.54) is 6.92 Å². The van der Waals surface area contributed by atoms with E-state index in [2.05, 4.69) is 20.1 Å². The minimum Gasteiger partial charge on any atom is -0.347 e. The van der Waals surface area contributed by atoms with E-state index in [0.29, 0.717) is 30.5 Å². The second-order valence-corrected chi connectivity index (χ2v) is 7.58. The van der Waals surface area contributed by atoms with Crippen LogP contribution in [0.15, 0.2) is 36.5 Å². The lowest BCUT2D eigenvalue weighted by Gasteiger charge is -2.29. The Balaban J connectivity index is 1.52. The molecule has 7 nitrogen and oxygen atoms in total. The molecule has 1 atom stereocenters. The van der Waals surface area contributed by atoms with Crippen LogP contribution in [0.4, 0.5) is 10.2 Å². The van der Waals surface area contributed by atoms with Crippen LogP contribution in [-0.2, 0) is 20.1 Å². The van der Waals surface area contributed by atoms with Crippen molar-refractivity contribution >= 4 is 28.5 Å². The molecule has 9 heteroatoms. The predicted octanol–water partition coefficient (Wildman–Crippen LogP) is 3.93. The molecular weight excluding hydrogens is 393 g/mol. The summed E-state index contributed by atoms with van der Waals surface area (Å²) >= 11 is 6.49. The average Bonchev–Trinajstić information content (AvgIpc) is 3.29. The highest BCUT2D eigenvalue weighted by Gasteiger charge is 2.25. The molecule has 1 aliphatic heterocycles. The first-order valence-corrected chi connectivity index (χ1v) is 9.79. The van der Waals surface area contributed by atoms with Crippen LogP contribution in [0.5, 0.6) is 0 Å². The van der Waals surface area contributed by atoms with Crippen molar-refractivity contribution in [2.45, 2.75) is 26.2 Å². The standard InChI is InChI=1S/C20H19ClFN7/c1-12(22)19-26-25-18-11-28(7-8-29(18)19)17-9-13(14(21)10-23-17)20-24-15-5-3-4-6-16(15)27(20)2/h3-6,9-10,12H,7-8,11H2,1-2H3. The van der Waals surface area contributed by atoms with Gasteiger partial charge in [-0.05, 0) is 25.1 Å². The van der Waals surface area contributed by atoms with E-state index in [1.54, 1.807) is 6.20 Å². The maximum absolute atomic E-state index is 13.7. The third-order valence-electron chi connectivity index (χ3n) is 5.33. The molecule has 0 aliphatic carbocycles. The molecule has 29 heavy (non-hydrogen) atoms. The molecule has 0 fully saturated rings. The largest absolute Gasteiger partial charge is 0.347 e. The molecule has 0 saturated carbocycles. The Kier molecular flexibility index (Phi) is 4.24. The van der Waals surface area contributed by atoms with Crippen LogP contribution < -0.4 is 4.90 Å². The van der Waals surface area contributed by atoms with Crippen molar-refractivity contribution in [1.29, 1.82) is 0 Å². The average molecular weight is 412 g/mol. The van der Waals surface area contributed by atoms with Crippen molar-refractivity contribution in [3.63, 3.8) is 0 Å². The predicted molar refractivity (Wildman–Crippen MR) is 110 cm³/mol. The molecule has 5 rings (SSSR count). The molecule has 3 aromatic heterocycles. The maximum atomic E-state index is 13.7. The van der Waals surface area contributed by atoms with Crippen molar-refractivity contribution in [1.82, 2.24) is 29.3 Å². The van der Waals surface area contributed by atoms with Crippen LogP contribution in [0.25, 0.3) is 22.4 Å². The number of alkyl halides is 1. The number of aromatic nitrogens is 6. The summed E-state index contributed by atoms with van der Waals surface area (Å²) in [4.78, 5) is 11.4. The SMILES string of the molecule is CC(F)c1nnc2n1CCN(c1cc(-c3nc4ccccc4n3C)c(Cl)cn1)C2. The number of nitrogens with zero attached hydrogens (tertiary/aromatic N) is 7. The van der Waals surface area contributed by atoms with Gasteiger partial charge >= 0.3 is 0 Å². The van der Waals surface area contributed by atoms with Gasteiger partial charge in [-0.15, -0.1) is 10.2 Å². The number of pyridine rings is 1. The van der Waals surface area contributed by atoms with Gasteiger partial charge in [0.2, 0.25) is 0 Å². The number of para-hydroxylation sites is 2. The minimum absolute atomic E-state index is 0.379. The summed E-state index contributed by atoms with van der Waals surface area (Å²) in [6, 6.07) is 9.92. The zero-order valence-corrected chi connectivity index (χ0v) is 16.8. The number of hydrogen-bond donors (Lipinski definition) is 0. The minimum atomic E-state index is -1.14. The topological polar surface area (TPSA) is 64.7 Å². The summed E-state index contributed by atoms with van der Waals surface area (Å²) in [6.07, 6.45) is 0.514.